The SMILES string of the molecule is CN1CC(=O)N(c2ccsc2)C[C@]12CCN(C(=O)CCc1ccccc1)C2. The number of benzene rings is 1. The van der Waals surface area contributed by atoms with Crippen molar-refractivity contribution < 1.29 is 9.59 Å². The van der Waals surface area contributed by atoms with Crippen LogP contribution in [0.15, 0.2) is 47.2 Å². The zero-order chi connectivity index (χ0) is 18.9. The molecule has 4 rings (SSSR count). The topological polar surface area (TPSA) is 43.9 Å². The zero-order valence-electron chi connectivity index (χ0n) is 15.6. The van der Waals surface area contributed by atoms with Gasteiger partial charge in [-0.2, -0.15) is 11.3 Å². The van der Waals surface area contributed by atoms with Crippen LogP contribution in [-0.4, -0.2) is 60.4 Å². The zero-order valence-corrected chi connectivity index (χ0v) is 16.5. The van der Waals surface area contributed by atoms with Gasteiger partial charge in [0.2, 0.25) is 11.8 Å². The fourth-order valence-corrected chi connectivity index (χ4v) is 4.81. The van der Waals surface area contributed by atoms with Crippen LogP contribution in [0, 0.1) is 0 Å². The monoisotopic (exact) mass is 383 g/mol. The second-order valence-corrected chi connectivity index (χ2v) is 8.37. The van der Waals surface area contributed by atoms with Gasteiger partial charge in [0.25, 0.3) is 0 Å². The minimum atomic E-state index is -0.141. The van der Waals surface area contributed by atoms with E-state index in [9.17, 15) is 9.59 Å². The predicted octanol–water partition coefficient (Wildman–Crippen LogP) is 2.63. The van der Waals surface area contributed by atoms with Crippen molar-refractivity contribution in [2.75, 3.05) is 38.1 Å². The van der Waals surface area contributed by atoms with E-state index in [1.165, 1.54) is 5.56 Å². The Morgan fingerprint density at radius 3 is 2.74 bits per heavy atom. The van der Waals surface area contributed by atoms with Gasteiger partial charge in [-0.15, -0.1) is 0 Å². The van der Waals surface area contributed by atoms with E-state index in [1.807, 2.05) is 51.9 Å². The molecular weight excluding hydrogens is 358 g/mol. The molecule has 1 aromatic carbocycles. The summed E-state index contributed by atoms with van der Waals surface area (Å²) >= 11 is 1.60. The number of likely N-dealkylation sites (N-methyl/N-ethyl adjacent to an activating group) is 1. The van der Waals surface area contributed by atoms with Crippen molar-refractivity contribution >= 4 is 28.8 Å². The van der Waals surface area contributed by atoms with Crippen molar-refractivity contribution in [2.45, 2.75) is 24.8 Å². The van der Waals surface area contributed by atoms with Gasteiger partial charge in [-0.05, 0) is 36.9 Å². The van der Waals surface area contributed by atoms with Crippen molar-refractivity contribution in [1.29, 1.82) is 0 Å². The summed E-state index contributed by atoms with van der Waals surface area (Å²) in [6, 6.07) is 12.2. The second-order valence-electron chi connectivity index (χ2n) is 7.59. The molecule has 2 aliphatic heterocycles. The van der Waals surface area contributed by atoms with Crippen molar-refractivity contribution in [1.82, 2.24) is 9.80 Å². The van der Waals surface area contributed by atoms with Crippen molar-refractivity contribution in [2.24, 2.45) is 0 Å². The molecule has 0 unspecified atom stereocenters. The summed E-state index contributed by atoms with van der Waals surface area (Å²) in [4.78, 5) is 31.3. The molecule has 0 saturated carbocycles. The molecule has 3 heterocycles. The summed E-state index contributed by atoms with van der Waals surface area (Å²) in [5.41, 5.74) is 2.04. The van der Waals surface area contributed by atoms with E-state index in [0.29, 0.717) is 26.1 Å². The van der Waals surface area contributed by atoms with Crippen LogP contribution in [0.4, 0.5) is 5.69 Å². The number of rotatable bonds is 4. The van der Waals surface area contributed by atoms with Crippen LogP contribution in [0.1, 0.15) is 18.4 Å². The summed E-state index contributed by atoms with van der Waals surface area (Å²) < 4.78 is 0. The van der Waals surface area contributed by atoms with E-state index in [-0.39, 0.29) is 17.4 Å². The van der Waals surface area contributed by atoms with E-state index in [2.05, 4.69) is 17.0 Å². The molecule has 2 aromatic rings. The third-order valence-corrected chi connectivity index (χ3v) is 6.58. The van der Waals surface area contributed by atoms with Crippen LogP contribution in [-0.2, 0) is 16.0 Å². The second kappa shape index (κ2) is 7.44. The molecule has 2 amide bonds. The lowest BCUT2D eigenvalue weighted by atomic mass is 9.93. The van der Waals surface area contributed by atoms with Gasteiger partial charge in [-0.3, -0.25) is 14.5 Å². The molecule has 1 aromatic heterocycles. The molecule has 2 aliphatic rings. The van der Waals surface area contributed by atoms with Crippen LogP contribution in [0.5, 0.6) is 0 Å². The maximum atomic E-state index is 12.8. The van der Waals surface area contributed by atoms with Gasteiger partial charge in [-0.1, -0.05) is 30.3 Å². The largest absolute Gasteiger partial charge is 0.341 e. The standard InChI is InChI=1S/C21H25N3O2S/c1-22-13-20(26)24(18-9-12-27-14-18)16-21(22)10-11-23(15-21)19(25)8-7-17-5-3-2-4-6-17/h2-6,9,12,14H,7-8,10-11,13,15-16H2,1H3/t21-/m1/s1. The van der Waals surface area contributed by atoms with Gasteiger partial charge in [-0.25, -0.2) is 0 Å². The van der Waals surface area contributed by atoms with Gasteiger partial charge in [0.15, 0.2) is 0 Å². The number of carbonyl (C=O) groups is 2. The predicted molar refractivity (Wildman–Crippen MR) is 108 cm³/mol. The molecule has 0 bridgehead atoms. The molecule has 1 spiro atoms. The average Bonchev–Trinajstić information content (AvgIpc) is 3.35. The minimum Gasteiger partial charge on any atom is -0.341 e. The normalized spacial score (nSPS) is 23.4. The number of hydrogen-bond acceptors (Lipinski definition) is 4. The quantitative estimate of drug-likeness (QED) is 0.815. The molecule has 142 valence electrons. The van der Waals surface area contributed by atoms with Gasteiger partial charge in [0.1, 0.15) is 0 Å². The average molecular weight is 384 g/mol. The summed E-state index contributed by atoms with van der Waals surface area (Å²) in [5.74, 6) is 0.346. The molecule has 27 heavy (non-hydrogen) atoms. The Morgan fingerprint density at radius 2 is 2.00 bits per heavy atom. The lowest BCUT2D eigenvalue weighted by Crippen LogP contribution is -2.64. The molecule has 2 saturated heterocycles. The first kappa shape index (κ1) is 18.2. The number of aryl methyl sites for hydroxylation is 1. The smallest absolute Gasteiger partial charge is 0.241 e. The van der Waals surface area contributed by atoms with Crippen molar-refractivity contribution in [3.8, 4) is 0 Å². The summed E-state index contributed by atoms with van der Waals surface area (Å²) in [6.07, 6.45) is 2.23. The van der Waals surface area contributed by atoms with Gasteiger partial charge >= 0.3 is 0 Å². The number of nitrogens with zero attached hydrogens (tertiary/aromatic N) is 3. The van der Waals surface area contributed by atoms with Crippen LogP contribution in [0.2, 0.25) is 0 Å². The molecule has 0 aliphatic carbocycles. The first-order valence-corrected chi connectivity index (χ1v) is 10.4. The number of anilines is 1. The Labute approximate surface area is 164 Å². The lowest BCUT2D eigenvalue weighted by molar-refractivity contribution is -0.130. The Kier molecular flexibility index (Phi) is 5.02. The lowest BCUT2D eigenvalue weighted by Gasteiger charge is -2.46. The molecule has 2 fully saturated rings. The summed E-state index contributed by atoms with van der Waals surface area (Å²) in [6.45, 7) is 2.53. The highest BCUT2D eigenvalue weighted by Crippen LogP contribution is 2.34. The molecular formula is C21H25N3O2S. The number of amides is 2. The van der Waals surface area contributed by atoms with Crippen LogP contribution in [0.25, 0.3) is 0 Å². The Morgan fingerprint density at radius 1 is 1.19 bits per heavy atom. The number of piperazine rings is 1. The number of thiophene rings is 1. The van der Waals surface area contributed by atoms with Gasteiger partial charge in [0, 0.05) is 31.4 Å². The van der Waals surface area contributed by atoms with E-state index in [1.54, 1.807) is 11.3 Å². The minimum absolute atomic E-state index is 0.135. The maximum absolute atomic E-state index is 12.8. The van der Waals surface area contributed by atoms with E-state index >= 15 is 0 Å². The Hall–Kier alpha value is -2.18. The van der Waals surface area contributed by atoms with Crippen LogP contribution >= 0.6 is 11.3 Å². The number of carbonyl (C=O) groups excluding carboxylic acids is 2. The fraction of sp³-hybridized carbons (Fsp3) is 0.429. The third-order valence-electron chi connectivity index (χ3n) is 5.91. The van der Waals surface area contributed by atoms with Crippen molar-refractivity contribution in [3.63, 3.8) is 0 Å². The molecule has 6 heteroatoms. The number of hydrogen-bond donors (Lipinski definition) is 0. The molecule has 5 nitrogen and oxygen atoms in total. The first-order valence-electron chi connectivity index (χ1n) is 9.43. The highest BCUT2D eigenvalue weighted by atomic mass is 32.1. The molecule has 0 N–H and O–H groups in total. The highest BCUT2D eigenvalue weighted by Gasteiger charge is 2.48. The summed E-state index contributed by atoms with van der Waals surface area (Å²) in [7, 11) is 2.01. The Balaban J connectivity index is 1.42. The van der Waals surface area contributed by atoms with E-state index in [0.717, 1.165) is 25.1 Å². The molecule has 1 atom stereocenters. The van der Waals surface area contributed by atoms with Crippen molar-refractivity contribution in [3.05, 3.63) is 52.7 Å². The highest BCUT2D eigenvalue weighted by molar-refractivity contribution is 7.08. The van der Waals surface area contributed by atoms with Gasteiger partial charge in [0.05, 0.1) is 17.8 Å². The number of likely N-dealkylation sites (tertiary alicyclic amines) is 1. The van der Waals surface area contributed by atoms with Gasteiger partial charge < -0.3 is 9.80 Å². The van der Waals surface area contributed by atoms with E-state index < -0.39 is 0 Å². The van der Waals surface area contributed by atoms with Crippen LogP contribution in [0.3, 0.4) is 0 Å². The summed E-state index contributed by atoms with van der Waals surface area (Å²) in [5, 5.41) is 4.02. The maximum Gasteiger partial charge on any atom is 0.241 e. The fourth-order valence-electron chi connectivity index (χ4n) is 4.17. The van der Waals surface area contributed by atoms with Crippen LogP contribution < -0.4 is 4.90 Å². The first-order chi connectivity index (χ1) is 13.1. The molecule has 0 radical (unpaired) electrons. The Bertz CT molecular complexity index is 808. The van der Waals surface area contributed by atoms with E-state index in [4.69, 9.17) is 0 Å². The third kappa shape index (κ3) is 3.64.